The monoisotopic (exact) mass is 437 g/mol. The lowest BCUT2D eigenvalue weighted by atomic mass is 9.96. The van der Waals surface area contributed by atoms with Gasteiger partial charge >= 0.3 is 0 Å². The molecule has 154 valence electrons. The summed E-state index contributed by atoms with van der Waals surface area (Å²) >= 11 is 6.20. The molecule has 1 aliphatic rings. The largest absolute Gasteiger partial charge is 0.489 e. The van der Waals surface area contributed by atoms with Gasteiger partial charge in [0.1, 0.15) is 6.61 Å². The van der Waals surface area contributed by atoms with Crippen molar-refractivity contribution in [1.82, 2.24) is 10.3 Å². The lowest BCUT2D eigenvalue weighted by Crippen LogP contribution is -2.40. The van der Waals surface area contributed by atoms with E-state index < -0.39 is 11.7 Å². The fourth-order valence-corrected chi connectivity index (χ4v) is 4.01. The molecule has 2 aromatic carbocycles. The highest BCUT2D eigenvalue weighted by Crippen LogP contribution is 2.31. The van der Waals surface area contributed by atoms with Crippen molar-refractivity contribution in [3.63, 3.8) is 0 Å². The number of aryl methyl sites for hydroxylation is 1. The number of carbonyl (C=O) groups is 1. The second-order valence-corrected chi connectivity index (χ2v) is 7.42. The average Bonchev–Trinajstić information content (AvgIpc) is 3.10. The molecule has 0 saturated carbocycles. The van der Waals surface area contributed by atoms with E-state index in [2.05, 4.69) is 16.4 Å². The van der Waals surface area contributed by atoms with Gasteiger partial charge in [-0.1, -0.05) is 23.7 Å². The van der Waals surface area contributed by atoms with Crippen molar-refractivity contribution in [2.75, 3.05) is 13.2 Å². The maximum absolute atomic E-state index is 14.0. The first kappa shape index (κ1) is 21.4. The number of fused-ring (bicyclic) bond motifs is 2. The number of primary amides is 1. The molecule has 0 spiro atoms. The maximum Gasteiger partial charge on any atom is 0.249 e. The molecule has 0 fully saturated rings. The third-order valence-corrected chi connectivity index (χ3v) is 5.48. The summed E-state index contributed by atoms with van der Waals surface area (Å²) in [6, 6.07) is 8.53. The molecule has 4 rings (SSSR count). The van der Waals surface area contributed by atoms with Crippen LogP contribution >= 0.6 is 24.0 Å². The molecular weight excluding hydrogens is 416 g/mol. The molecule has 1 amide bonds. The van der Waals surface area contributed by atoms with Gasteiger partial charge in [0.05, 0.1) is 10.5 Å². The Morgan fingerprint density at radius 3 is 2.97 bits per heavy atom. The predicted octanol–water partition coefficient (Wildman–Crippen LogP) is 4.01. The van der Waals surface area contributed by atoms with Crippen LogP contribution in [0.15, 0.2) is 36.5 Å². The zero-order valence-electron chi connectivity index (χ0n) is 15.6. The first-order chi connectivity index (χ1) is 13.5. The summed E-state index contributed by atoms with van der Waals surface area (Å²) in [6.07, 6.45) is 4.33. The number of halogens is 3. The van der Waals surface area contributed by atoms with E-state index in [1.807, 2.05) is 18.3 Å². The van der Waals surface area contributed by atoms with Gasteiger partial charge in [0.2, 0.25) is 5.91 Å². The van der Waals surface area contributed by atoms with Gasteiger partial charge in [-0.15, -0.1) is 12.4 Å². The van der Waals surface area contributed by atoms with Gasteiger partial charge in [0, 0.05) is 28.8 Å². The highest BCUT2D eigenvalue weighted by Gasteiger charge is 2.26. The molecule has 29 heavy (non-hydrogen) atoms. The number of hydrogen-bond donors (Lipinski definition) is 3. The Balaban J connectivity index is 0.00000240. The molecule has 2 heterocycles. The Labute approximate surface area is 179 Å². The lowest BCUT2D eigenvalue weighted by molar-refractivity contribution is 0.0997. The second-order valence-electron chi connectivity index (χ2n) is 7.01. The lowest BCUT2D eigenvalue weighted by Gasteiger charge is -2.27. The Kier molecular flexibility index (Phi) is 6.67. The fraction of sp³-hybridized carbons (Fsp3) is 0.286. The highest BCUT2D eigenvalue weighted by molar-refractivity contribution is 6.35. The van der Waals surface area contributed by atoms with Crippen LogP contribution in [-0.2, 0) is 12.8 Å². The number of para-hydroxylation sites is 1. The molecule has 1 unspecified atom stereocenters. The van der Waals surface area contributed by atoms with E-state index in [-0.39, 0.29) is 24.2 Å². The quantitative estimate of drug-likeness (QED) is 0.509. The van der Waals surface area contributed by atoms with Crippen molar-refractivity contribution in [2.45, 2.75) is 25.3 Å². The number of aromatic amines is 1. The van der Waals surface area contributed by atoms with Gasteiger partial charge < -0.3 is 20.8 Å². The summed E-state index contributed by atoms with van der Waals surface area (Å²) in [7, 11) is 0. The summed E-state index contributed by atoms with van der Waals surface area (Å²) < 4.78 is 19.5. The van der Waals surface area contributed by atoms with Gasteiger partial charge in [-0.05, 0) is 49.6 Å². The summed E-state index contributed by atoms with van der Waals surface area (Å²) in [6.45, 7) is 1.13. The summed E-state index contributed by atoms with van der Waals surface area (Å²) in [5.41, 5.74) is 8.47. The molecule has 0 bridgehead atoms. The number of carbonyl (C=O) groups excluding carboxylic acids is 1. The second kappa shape index (κ2) is 9.03. The van der Waals surface area contributed by atoms with Crippen molar-refractivity contribution in [3.05, 3.63) is 64.1 Å². The van der Waals surface area contributed by atoms with Gasteiger partial charge in [-0.2, -0.15) is 0 Å². The maximum atomic E-state index is 14.0. The van der Waals surface area contributed by atoms with Crippen LogP contribution in [0.2, 0.25) is 5.02 Å². The molecule has 5 nitrogen and oxygen atoms in total. The van der Waals surface area contributed by atoms with Crippen LogP contribution in [0, 0.1) is 5.82 Å². The third kappa shape index (κ3) is 4.34. The van der Waals surface area contributed by atoms with Gasteiger partial charge in [0.15, 0.2) is 11.6 Å². The van der Waals surface area contributed by atoms with Crippen molar-refractivity contribution in [3.8, 4) is 5.75 Å². The standard InChI is InChI=1S/C21H21ClFN3O2.ClH/c22-17-5-1-4-14-12(10-26-19(14)17)3-2-8-25-13-9-16-15(21(24)27)6-7-18(23)20(16)28-11-13;/h1,4-7,10,13,25-26H,2-3,8-9,11H2,(H2,24,27);1H. The normalized spacial score (nSPS) is 15.4. The number of nitrogens with two attached hydrogens (primary N) is 1. The SMILES string of the molecule is Cl.NC(=O)c1ccc(F)c2c1CC(NCCCc1c[nH]c3c(Cl)cccc13)CO2. The average molecular weight is 438 g/mol. The van der Waals surface area contributed by atoms with E-state index in [1.165, 1.54) is 17.7 Å². The van der Waals surface area contributed by atoms with Crippen LogP contribution in [0.4, 0.5) is 4.39 Å². The first-order valence-corrected chi connectivity index (χ1v) is 9.64. The van der Waals surface area contributed by atoms with Crippen molar-refractivity contribution in [1.29, 1.82) is 0 Å². The van der Waals surface area contributed by atoms with Crippen molar-refractivity contribution >= 4 is 40.8 Å². The zero-order valence-corrected chi connectivity index (χ0v) is 17.2. The smallest absolute Gasteiger partial charge is 0.249 e. The predicted molar refractivity (Wildman–Crippen MR) is 115 cm³/mol. The Morgan fingerprint density at radius 2 is 2.17 bits per heavy atom. The summed E-state index contributed by atoms with van der Waals surface area (Å²) in [5.74, 6) is -0.889. The highest BCUT2D eigenvalue weighted by atomic mass is 35.5. The number of benzene rings is 2. The minimum atomic E-state index is -0.571. The molecule has 3 aromatic rings. The topological polar surface area (TPSA) is 80.1 Å². The van der Waals surface area contributed by atoms with Crippen LogP contribution in [0.5, 0.6) is 5.75 Å². The molecular formula is C21H22Cl2FN3O2. The van der Waals surface area contributed by atoms with Crippen LogP contribution in [0.25, 0.3) is 10.9 Å². The molecule has 0 aliphatic carbocycles. The molecule has 1 aromatic heterocycles. The van der Waals surface area contributed by atoms with Crippen LogP contribution < -0.4 is 15.8 Å². The Hall–Kier alpha value is -2.28. The number of rotatable bonds is 6. The Bertz CT molecular complexity index is 1040. The van der Waals surface area contributed by atoms with E-state index in [9.17, 15) is 9.18 Å². The number of hydrogen-bond acceptors (Lipinski definition) is 3. The van der Waals surface area contributed by atoms with E-state index in [0.29, 0.717) is 24.2 Å². The number of ether oxygens (including phenoxy) is 1. The van der Waals surface area contributed by atoms with Crippen LogP contribution in [-0.4, -0.2) is 30.1 Å². The first-order valence-electron chi connectivity index (χ1n) is 9.26. The van der Waals surface area contributed by atoms with Gasteiger partial charge in [0.25, 0.3) is 0 Å². The van der Waals surface area contributed by atoms with E-state index in [4.69, 9.17) is 22.1 Å². The molecule has 1 aliphatic heterocycles. The molecule has 8 heteroatoms. The number of amides is 1. The molecule has 1 atom stereocenters. The summed E-state index contributed by atoms with van der Waals surface area (Å²) in [5, 5.41) is 5.30. The zero-order chi connectivity index (χ0) is 19.7. The van der Waals surface area contributed by atoms with E-state index in [0.717, 1.165) is 35.3 Å². The molecule has 4 N–H and O–H groups in total. The number of nitrogens with one attached hydrogen (secondary N) is 2. The third-order valence-electron chi connectivity index (χ3n) is 5.16. The summed E-state index contributed by atoms with van der Waals surface area (Å²) in [4.78, 5) is 14.9. The Morgan fingerprint density at radius 1 is 1.34 bits per heavy atom. The fourth-order valence-electron chi connectivity index (χ4n) is 3.78. The molecule has 0 radical (unpaired) electrons. The number of H-pyrrole nitrogens is 1. The van der Waals surface area contributed by atoms with Crippen molar-refractivity contribution < 1.29 is 13.9 Å². The van der Waals surface area contributed by atoms with E-state index >= 15 is 0 Å². The van der Waals surface area contributed by atoms with E-state index in [1.54, 1.807) is 0 Å². The van der Waals surface area contributed by atoms with Crippen LogP contribution in [0.3, 0.4) is 0 Å². The van der Waals surface area contributed by atoms with Gasteiger partial charge in [-0.3, -0.25) is 4.79 Å². The van der Waals surface area contributed by atoms with Crippen molar-refractivity contribution in [2.24, 2.45) is 5.73 Å². The minimum Gasteiger partial charge on any atom is -0.489 e. The number of aromatic nitrogens is 1. The minimum absolute atomic E-state index is 0. The van der Waals surface area contributed by atoms with Crippen LogP contribution in [0.1, 0.15) is 27.9 Å². The molecule has 0 saturated heterocycles. The van der Waals surface area contributed by atoms with Gasteiger partial charge in [-0.25, -0.2) is 4.39 Å².